The SMILES string of the molecule is C[C@@H](Cc1ccsc1)NC(=O)CNC(=O)OCc1ccccc1. The molecule has 0 bridgehead atoms. The van der Waals surface area contributed by atoms with Crippen LogP contribution in [0.3, 0.4) is 0 Å². The van der Waals surface area contributed by atoms with Gasteiger partial charge in [-0.2, -0.15) is 11.3 Å². The number of carbonyl (C=O) groups excluding carboxylic acids is 2. The summed E-state index contributed by atoms with van der Waals surface area (Å²) in [5.74, 6) is -0.232. The Balaban J connectivity index is 1.62. The van der Waals surface area contributed by atoms with Crippen LogP contribution in [0.15, 0.2) is 47.2 Å². The third-order valence-corrected chi connectivity index (χ3v) is 3.87. The van der Waals surface area contributed by atoms with Crippen LogP contribution >= 0.6 is 11.3 Å². The van der Waals surface area contributed by atoms with Crippen molar-refractivity contribution in [2.75, 3.05) is 6.54 Å². The van der Waals surface area contributed by atoms with Crippen molar-refractivity contribution in [3.63, 3.8) is 0 Å². The van der Waals surface area contributed by atoms with Crippen LogP contribution in [0.25, 0.3) is 0 Å². The van der Waals surface area contributed by atoms with Crippen LogP contribution in [0, 0.1) is 0 Å². The van der Waals surface area contributed by atoms with Crippen molar-refractivity contribution in [1.82, 2.24) is 10.6 Å². The smallest absolute Gasteiger partial charge is 0.407 e. The molecule has 0 aliphatic rings. The summed E-state index contributed by atoms with van der Waals surface area (Å²) in [4.78, 5) is 23.3. The molecule has 0 aliphatic carbocycles. The number of hydrogen-bond acceptors (Lipinski definition) is 4. The highest BCUT2D eigenvalue weighted by molar-refractivity contribution is 7.07. The summed E-state index contributed by atoms with van der Waals surface area (Å²) in [6, 6.07) is 11.4. The highest BCUT2D eigenvalue weighted by atomic mass is 32.1. The van der Waals surface area contributed by atoms with E-state index in [-0.39, 0.29) is 25.1 Å². The fraction of sp³-hybridized carbons (Fsp3) is 0.294. The topological polar surface area (TPSA) is 67.4 Å². The van der Waals surface area contributed by atoms with Crippen LogP contribution in [0.4, 0.5) is 4.79 Å². The number of carbonyl (C=O) groups is 2. The standard InChI is InChI=1S/C17H20N2O3S/c1-13(9-15-7-8-23-12-15)19-16(20)10-18-17(21)22-11-14-5-3-2-4-6-14/h2-8,12-13H,9-11H2,1H3,(H,18,21)(H,19,20)/t13-/m0/s1. The second kappa shape index (κ2) is 8.95. The summed E-state index contributed by atoms with van der Waals surface area (Å²) < 4.78 is 5.04. The summed E-state index contributed by atoms with van der Waals surface area (Å²) in [7, 11) is 0. The Morgan fingerprint density at radius 3 is 2.65 bits per heavy atom. The number of alkyl carbamates (subject to hydrolysis) is 1. The molecule has 2 amide bonds. The summed E-state index contributed by atoms with van der Waals surface area (Å²) in [6.45, 7) is 2.02. The van der Waals surface area contributed by atoms with Crippen LogP contribution in [0.5, 0.6) is 0 Å². The van der Waals surface area contributed by atoms with Gasteiger partial charge >= 0.3 is 6.09 Å². The van der Waals surface area contributed by atoms with E-state index in [9.17, 15) is 9.59 Å². The quantitative estimate of drug-likeness (QED) is 0.819. The van der Waals surface area contributed by atoms with Gasteiger partial charge in [0.15, 0.2) is 0 Å². The number of benzene rings is 1. The molecule has 0 unspecified atom stereocenters. The molecule has 0 aliphatic heterocycles. The maximum absolute atomic E-state index is 11.8. The molecule has 1 atom stereocenters. The molecule has 23 heavy (non-hydrogen) atoms. The van der Waals surface area contributed by atoms with Gasteiger partial charge < -0.3 is 15.4 Å². The molecule has 0 spiro atoms. The number of amides is 2. The second-order valence-electron chi connectivity index (χ2n) is 5.22. The van der Waals surface area contributed by atoms with Crippen LogP contribution in [0.2, 0.25) is 0 Å². The van der Waals surface area contributed by atoms with Gasteiger partial charge in [-0.3, -0.25) is 4.79 Å². The van der Waals surface area contributed by atoms with Gasteiger partial charge in [-0.05, 0) is 41.3 Å². The lowest BCUT2D eigenvalue weighted by atomic mass is 10.1. The van der Waals surface area contributed by atoms with E-state index in [1.165, 1.54) is 5.56 Å². The summed E-state index contributed by atoms with van der Waals surface area (Å²) >= 11 is 1.63. The minimum absolute atomic E-state index is 0.0132. The lowest BCUT2D eigenvalue weighted by molar-refractivity contribution is -0.120. The van der Waals surface area contributed by atoms with Crippen molar-refractivity contribution in [3.8, 4) is 0 Å². The third kappa shape index (κ3) is 6.52. The van der Waals surface area contributed by atoms with Gasteiger partial charge in [0.1, 0.15) is 13.2 Å². The molecule has 6 heteroatoms. The fourth-order valence-electron chi connectivity index (χ4n) is 2.07. The minimum Gasteiger partial charge on any atom is -0.445 e. The van der Waals surface area contributed by atoms with Crippen LogP contribution < -0.4 is 10.6 Å². The van der Waals surface area contributed by atoms with Crippen LogP contribution in [-0.4, -0.2) is 24.6 Å². The van der Waals surface area contributed by atoms with Gasteiger partial charge in [0.25, 0.3) is 0 Å². The van der Waals surface area contributed by atoms with E-state index in [0.717, 1.165) is 12.0 Å². The zero-order valence-corrected chi connectivity index (χ0v) is 13.8. The largest absolute Gasteiger partial charge is 0.445 e. The number of hydrogen-bond donors (Lipinski definition) is 2. The summed E-state index contributed by atoms with van der Waals surface area (Å²) in [5.41, 5.74) is 2.09. The first-order valence-electron chi connectivity index (χ1n) is 7.38. The van der Waals surface area contributed by atoms with Crippen LogP contribution in [-0.2, 0) is 22.6 Å². The minimum atomic E-state index is -0.602. The van der Waals surface area contributed by atoms with Gasteiger partial charge in [0.05, 0.1) is 0 Å². The summed E-state index contributed by atoms with van der Waals surface area (Å²) in [5, 5.41) is 9.35. The molecule has 122 valence electrons. The highest BCUT2D eigenvalue weighted by Gasteiger charge is 2.10. The van der Waals surface area contributed by atoms with E-state index >= 15 is 0 Å². The van der Waals surface area contributed by atoms with E-state index in [1.807, 2.05) is 48.7 Å². The monoisotopic (exact) mass is 332 g/mol. The zero-order chi connectivity index (χ0) is 16.5. The van der Waals surface area contributed by atoms with Crippen molar-refractivity contribution in [2.24, 2.45) is 0 Å². The average Bonchev–Trinajstić information content (AvgIpc) is 3.04. The third-order valence-electron chi connectivity index (χ3n) is 3.14. The fourth-order valence-corrected chi connectivity index (χ4v) is 2.75. The molecule has 0 fully saturated rings. The first-order chi connectivity index (χ1) is 11.1. The highest BCUT2D eigenvalue weighted by Crippen LogP contribution is 2.08. The molecule has 0 saturated heterocycles. The Kier molecular flexibility index (Phi) is 6.62. The van der Waals surface area contributed by atoms with Gasteiger partial charge in [0, 0.05) is 6.04 Å². The Morgan fingerprint density at radius 1 is 1.17 bits per heavy atom. The van der Waals surface area contributed by atoms with E-state index in [4.69, 9.17) is 4.74 Å². The van der Waals surface area contributed by atoms with Crippen molar-refractivity contribution in [1.29, 1.82) is 0 Å². The first-order valence-corrected chi connectivity index (χ1v) is 8.33. The molecule has 0 saturated carbocycles. The summed E-state index contributed by atoms with van der Waals surface area (Å²) in [6.07, 6.45) is 0.169. The van der Waals surface area contributed by atoms with E-state index in [0.29, 0.717) is 0 Å². The van der Waals surface area contributed by atoms with E-state index < -0.39 is 6.09 Å². The number of nitrogens with one attached hydrogen (secondary N) is 2. The molecular formula is C17H20N2O3S. The average molecular weight is 332 g/mol. The molecule has 1 aromatic heterocycles. The number of rotatable bonds is 7. The van der Waals surface area contributed by atoms with E-state index in [1.54, 1.807) is 11.3 Å². The molecular weight excluding hydrogens is 312 g/mol. The van der Waals surface area contributed by atoms with Gasteiger partial charge in [-0.25, -0.2) is 4.79 Å². The molecule has 1 heterocycles. The van der Waals surface area contributed by atoms with Crippen molar-refractivity contribution in [2.45, 2.75) is 26.0 Å². The Hall–Kier alpha value is -2.34. The number of ether oxygens (including phenoxy) is 1. The molecule has 2 aromatic rings. The number of thiophene rings is 1. The van der Waals surface area contributed by atoms with Gasteiger partial charge in [-0.15, -0.1) is 0 Å². The maximum Gasteiger partial charge on any atom is 0.407 e. The zero-order valence-electron chi connectivity index (χ0n) is 13.0. The van der Waals surface area contributed by atoms with Crippen molar-refractivity contribution < 1.29 is 14.3 Å². The van der Waals surface area contributed by atoms with Gasteiger partial charge in [0.2, 0.25) is 5.91 Å². The molecule has 2 N–H and O–H groups in total. The molecule has 0 radical (unpaired) electrons. The Bertz CT molecular complexity index is 614. The molecule has 2 rings (SSSR count). The predicted molar refractivity (Wildman–Crippen MR) is 90.3 cm³/mol. The molecule has 1 aromatic carbocycles. The Labute approximate surface area is 139 Å². The second-order valence-corrected chi connectivity index (χ2v) is 6.00. The first kappa shape index (κ1) is 17.0. The van der Waals surface area contributed by atoms with Crippen molar-refractivity contribution >= 4 is 23.3 Å². The van der Waals surface area contributed by atoms with Crippen molar-refractivity contribution in [3.05, 3.63) is 58.3 Å². The molecule has 5 nitrogen and oxygen atoms in total. The lowest BCUT2D eigenvalue weighted by Gasteiger charge is -2.13. The van der Waals surface area contributed by atoms with Gasteiger partial charge in [-0.1, -0.05) is 30.3 Å². The Morgan fingerprint density at radius 2 is 1.96 bits per heavy atom. The predicted octanol–water partition coefficient (Wildman–Crippen LogP) is 2.72. The normalized spacial score (nSPS) is 11.5. The lowest BCUT2D eigenvalue weighted by Crippen LogP contribution is -2.41. The van der Waals surface area contributed by atoms with Crippen LogP contribution in [0.1, 0.15) is 18.1 Å². The maximum atomic E-state index is 11.8. The van der Waals surface area contributed by atoms with E-state index in [2.05, 4.69) is 16.0 Å².